The largest absolute Gasteiger partial charge is 0.383 e. The molecule has 3 rings (SSSR count). The lowest BCUT2D eigenvalue weighted by Crippen LogP contribution is -2.48. The molecule has 0 radical (unpaired) electrons. The highest BCUT2D eigenvalue weighted by Crippen LogP contribution is 2.18. The van der Waals surface area contributed by atoms with Crippen LogP contribution < -0.4 is 5.32 Å². The van der Waals surface area contributed by atoms with Crippen molar-refractivity contribution in [3.05, 3.63) is 35.9 Å². The Bertz CT molecular complexity index is 509. The van der Waals surface area contributed by atoms with E-state index in [0.29, 0.717) is 12.3 Å². The summed E-state index contributed by atoms with van der Waals surface area (Å²) in [5, 5.41) is 13.1. The molecule has 1 aromatic carbocycles. The Labute approximate surface area is 144 Å². The second-order valence-electron chi connectivity index (χ2n) is 7.02. The molecule has 5 heteroatoms. The van der Waals surface area contributed by atoms with Crippen molar-refractivity contribution in [3.63, 3.8) is 0 Å². The van der Waals surface area contributed by atoms with Gasteiger partial charge in [-0.1, -0.05) is 30.3 Å². The number of aliphatic hydroxyl groups excluding tert-OH is 1. The number of carbonyl (C=O) groups is 1. The smallest absolute Gasteiger partial charge is 0.249 e. The number of hydrogen-bond donors (Lipinski definition) is 2. The number of rotatable bonds is 6. The summed E-state index contributed by atoms with van der Waals surface area (Å²) >= 11 is 0. The molecule has 0 spiro atoms. The van der Waals surface area contributed by atoms with Crippen LogP contribution in [0, 0.1) is 5.92 Å². The van der Waals surface area contributed by atoms with Gasteiger partial charge in [0, 0.05) is 38.7 Å². The molecule has 0 aliphatic carbocycles. The first kappa shape index (κ1) is 17.4. The molecule has 2 N–H and O–H groups in total. The minimum atomic E-state index is -0.971. The van der Waals surface area contributed by atoms with Crippen molar-refractivity contribution in [2.24, 2.45) is 5.92 Å². The lowest BCUT2D eigenvalue weighted by atomic mass is 10.0. The van der Waals surface area contributed by atoms with Crippen molar-refractivity contribution in [3.8, 4) is 0 Å². The van der Waals surface area contributed by atoms with E-state index < -0.39 is 6.10 Å². The number of carbonyl (C=O) groups excluding carboxylic acids is 1. The van der Waals surface area contributed by atoms with Gasteiger partial charge >= 0.3 is 0 Å². The summed E-state index contributed by atoms with van der Waals surface area (Å²) in [6, 6.07) is 9.82. The van der Waals surface area contributed by atoms with E-state index in [1.54, 1.807) is 0 Å². The molecule has 2 heterocycles. The predicted octanol–water partition coefficient (Wildman–Crippen LogP) is 1.21. The minimum Gasteiger partial charge on any atom is -0.383 e. The highest BCUT2D eigenvalue weighted by atomic mass is 16.5. The van der Waals surface area contributed by atoms with Crippen LogP contribution in [-0.4, -0.2) is 60.9 Å². The average Bonchev–Trinajstić information content (AvgIpc) is 3.10. The number of benzene rings is 1. The van der Waals surface area contributed by atoms with Crippen LogP contribution in [0.1, 0.15) is 24.8 Å². The fraction of sp³-hybridized carbons (Fsp3) is 0.632. The van der Waals surface area contributed by atoms with Gasteiger partial charge in [0.15, 0.2) is 0 Å². The van der Waals surface area contributed by atoms with E-state index in [-0.39, 0.29) is 11.9 Å². The first-order valence-electron chi connectivity index (χ1n) is 9.03. The topological polar surface area (TPSA) is 61.8 Å². The van der Waals surface area contributed by atoms with Gasteiger partial charge in [-0.15, -0.1) is 0 Å². The Morgan fingerprint density at radius 3 is 2.67 bits per heavy atom. The highest BCUT2D eigenvalue weighted by Gasteiger charge is 2.26. The molecular formula is C19H28N2O3. The van der Waals surface area contributed by atoms with Gasteiger partial charge in [-0.3, -0.25) is 4.79 Å². The van der Waals surface area contributed by atoms with Crippen LogP contribution in [0.4, 0.5) is 0 Å². The van der Waals surface area contributed by atoms with E-state index in [1.165, 1.54) is 6.42 Å². The molecule has 2 atom stereocenters. The van der Waals surface area contributed by atoms with Crippen LogP contribution in [0.3, 0.4) is 0 Å². The maximum atomic E-state index is 12.2. The molecule has 0 bridgehead atoms. The monoisotopic (exact) mass is 332 g/mol. The molecule has 24 heavy (non-hydrogen) atoms. The molecule has 2 aliphatic rings. The average molecular weight is 332 g/mol. The van der Waals surface area contributed by atoms with Gasteiger partial charge in [-0.25, -0.2) is 0 Å². The number of piperidine rings is 1. The number of aliphatic hydroxyl groups is 1. The molecule has 132 valence electrons. The molecule has 1 aromatic rings. The standard InChI is InChI=1S/C19H28N2O3/c22-18(12-15-4-2-1-3-5-15)19(23)20-17-6-9-21(10-7-17)13-16-8-11-24-14-16/h1-5,16-18,22H,6-14H2,(H,20,23)/t16?,18-/m0/s1. The molecular weight excluding hydrogens is 304 g/mol. The zero-order chi connectivity index (χ0) is 16.8. The zero-order valence-corrected chi connectivity index (χ0v) is 14.2. The summed E-state index contributed by atoms with van der Waals surface area (Å²) in [6.45, 7) is 4.92. The van der Waals surface area contributed by atoms with E-state index in [9.17, 15) is 9.90 Å². The van der Waals surface area contributed by atoms with E-state index >= 15 is 0 Å². The Morgan fingerprint density at radius 2 is 2.00 bits per heavy atom. The molecule has 2 aliphatic heterocycles. The third-order valence-corrected chi connectivity index (χ3v) is 5.05. The van der Waals surface area contributed by atoms with Crippen LogP contribution in [0.15, 0.2) is 30.3 Å². The quantitative estimate of drug-likeness (QED) is 0.822. The van der Waals surface area contributed by atoms with Gasteiger partial charge in [-0.05, 0) is 30.7 Å². The third-order valence-electron chi connectivity index (χ3n) is 5.05. The van der Waals surface area contributed by atoms with Gasteiger partial charge in [-0.2, -0.15) is 0 Å². The summed E-state index contributed by atoms with van der Waals surface area (Å²) in [5.41, 5.74) is 0.980. The summed E-state index contributed by atoms with van der Waals surface area (Å²) in [4.78, 5) is 14.7. The molecule has 2 saturated heterocycles. The fourth-order valence-corrected chi connectivity index (χ4v) is 3.58. The first-order valence-corrected chi connectivity index (χ1v) is 9.03. The number of nitrogens with one attached hydrogen (secondary N) is 1. The molecule has 0 aromatic heterocycles. The number of ether oxygens (including phenoxy) is 1. The minimum absolute atomic E-state index is 0.180. The van der Waals surface area contributed by atoms with Gasteiger partial charge in [0.25, 0.3) is 0 Å². The van der Waals surface area contributed by atoms with Gasteiger partial charge < -0.3 is 20.1 Å². The van der Waals surface area contributed by atoms with Crippen molar-refractivity contribution in [1.29, 1.82) is 0 Å². The van der Waals surface area contributed by atoms with Gasteiger partial charge in [0.1, 0.15) is 6.10 Å². The fourth-order valence-electron chi connectivity index (χ4n) is 3.58. The zero-order valence-electron chi connectivity index (χ0n) is 14.2. The number of likely N-dealkylation sites (tertiary alicyclic amines) is 1. The van der Waals surface area contributed by atoms with Crippen molar-refractivity contribution in [2.75, 3.05) is 32.8 Å². The van der Waals surface area contributed by atoms with Crippen LogP contribution in [0.5, 0.6) is 0 Å². The van der Waals surface area contributed by atoms with Crippen molar-refractivity contribution in [1.82, 2.24) is 10.2 Å². The lowest BCUT2D eigenvalue weighted by molar-refractivity contribution is -0.130. The van der Waals surface area contributed by atoms with Crippen LogP contribution in [0.2, 0.25) is 0 Å². The maximum Gasteiger partial charge on any atom is 0.249 e. The highest BCUT2D eigenvalue weighted by molar-refractivity contribution is 5.81. The van der Waals surface area contributed by atoms with E-state index in [1.807, 2.05) is 30.3 Å². The predicted molar refractivity (Wildman–Crippen MR) is 92.7 cm³/mol. The molecule has 1 amide bonds. The summed E-state index contributed by atoms with van der Waals surface area (Å²) in [7, 11) is 0. The Balaban J connectivity index is 1.38. The van der Waals surface area contributed by atoms with E-state index in [4.69, 9.17) is 4.74 Å². The SMILES string of the molecule is O=C(NC1CCN(CC2CCOC2)CC1)[C@@H](O)Cc1ccccc1. The molecule has 2 fully saturated rings. The number of hydrogen-bond acceptors (Lipinski definition) is 4. The number of amides is 1. The second kappa shape index (κ2) is 8.60. The normalized spacial score (nSPS) is 24.0. The van der Waals surface area contributed by atoms with Gasteiger partial charge in [0.05, 0.1) is 6.61 Å². The lowest BCUT2D eigenvalue weighted by Gasteiger charge is -2.33. The van der Waals surface area contributed by atoms with Crippen LogP contribution in [0.25, 0.3) is 0 Å². The van der Waals surface area contributed by atoms with E-state index in [2.05, 4.69) is 10.2 Å². The molecule has 5 nitrogen and oxygen atoms in total. The van der Waals surface area contributed by atoms with Crippen LogP contribution in [-0.2, 0) is 16.0 Å². The summed E-state index contributed by atoms with van der Waals surface area (Å²) in [5.74, 6) is 0.422. The van der Waals surface area contributed by atoms with Crippen LogP contribution >= 0.6 is 0 Å². The van der Waals surface area contributed by atoms with Crippen molar-refractivity contribution in [2.45, 2.75) is 37.8 Å². The second-order valence-corrected chi connectivity index (χ2v) is 7.02. The molecule has 0 saturated carbocycles. The van der Waals surface area contributed by atoms with E-state index in [0.717, 1.165) is 51.3 Å². The van der Waals surface area contributed by atoms with Gasteiger partial charge in [0.2, 0.25) is 5.91 Å². The van der Waals surface area contributed by atoms with Crippen molar-refractivity contribution >= 4 is 5.91 Å². The summed E-state index contributed by atoms with van der Waals surface area (Å²) in [6.07, 6.45) is 2.48. The Hall–Kier alpha value is -1.43. The summed E-state index contributed by atoms with van der Waals surface area (Å²) < 4.78 is 5.44. The maximum absolute atomic E-state index is 12.2. The first-order chi connectivity index (χ1) is 11.7. The molecule has 1 unspecified atom stereocenters. The van der Waals surface area contributed by atoms with Crippen molar-refractivity contribution < 1.29 is 14.6 Å². The third kappa shape index (κ3) is 5.03. The Morgan fingerprint density at radius 1 is 1.25 bits per heavy atom. The Kier molecular flexibility index (Phi) is 6.24. The number of nitrogens with zero attached hydrogens (tertiary/aromatic N) is 1.